The minimum Gasteiger partial charge on any atom is -0.347 e. The van der Waals surface area contributed by atoms with Gasteiger partial charge in [-0.2, -0.15) is 0 Å². The molecule has 22 heavy (non-hydrogen) atoms. The zero-order valence-corrected chi connectivity index (χ0v) is 13.0. The maximum atomic E-state index is 12.7. The summed E-state index contributed by atoms with van der Waals surface area (Å²) >= 11 is 0. The molecule has 2 amide bonds. The molecule has 1 N–H and O–H groups in total. The van der Waals surface area contributed by atoms with E-state index in [1.165, 1.54) is 6.42 Å². The highest BCUT2D eigenvalue weighted by Gasteiger charge is 2.27. The summed E-state index contributed by atoms with van der Waals surface area (Å²) in [6.07, 6.45) is 5.79. The average molecular weight is 301 g/mol. The summed E-state index contributed by atoms with van der Waals surface area (Å²) in [6, 6.07) is 5.27. The van der Waals surface area contributed by atoms with Gasteiger partial charge in [-0.1, -0.05) is 19.1 Å². The summed E-state index contributed by atoms with van der Waals surface area (Å²) in [6.45, 7) is 6.80. The van der Waals surface area contributed by atoms with E-state index in [4.69, 9.17) is 0 Å². The molecule has 1 aromatic rings. The van der Waals surface area contributed by atoms with Gasteiger partial charge in [0.2, 0.25) is 0 Å². The fourth-order valence-corrected chi connectivity index (χ4v) is 2.78. The molecule has 1 unspecified atom stereocenters. The van der Waals surface area contributed by atoms with Crippen molar-refractivity contribution < 1.29 is 9.59 Å². The largest absolute Gasteiger partial charge is 0.347 e. The Morgan fingerprint density at radius 3 is 2.91 bits per heavy atom. The number of nitrogens with one attached hydrogen (secondary N) is 1. The second-order valence-corrected chi connectivity index (χ2v) is 5.46. The summed E-state index contributed by atoms with van der Waals surface area (Å²) in [5.74, 6) is -0.370. The van der Waals surface area contributed by atoms with Crippen LogP contribution in [0.25, 0.3) is 0 Å². The van der Waals surface area contributed by atoms with Gasteiger partial charge < -0.3 is 10.2 Å². The molecule has 0 radical (unpaired) electrons. The van der Waals surface area contributed by atoms with E-state index >= 15 is 0 Å². The van der Waals surface area contributed by atoms with Crippen molar-refractivity contribution in [2.75, 3.05) is 13.1 Å². The van der Waals surface area contributed by atoms with Crippen LogP contribution in [0.3, 0.4) is 0 Å². The van der Waals surface area contributed by atoms with E-state index in [1.54, 1.807) is 24.3 Å². The number of likely N-dealkylation sites (tertiary alicyclic amines) is 1. The molecule has 0 saturated carbocycles. The molecule has 1 atom stereocenters. The highest BCUT2D eigenvalue weighted by molar-refractivity contribution is 5.96. The van der Waals surface area contributed by atoms with Crippen LogP contribution >= 0.6 is 0 Å². The Kier molecular flexibility index (Phi) is 5.69. The molecular formula is C17H23N3O2. The van der Waals surface area contributed by atoms with Crippen LogP contribution in [0, 0.1) is 0 Å². The highest BCUT2D eigenvalue weighted by Crippen LogP contribution is 2.21. The van der Waals surface area contributed by atoms with E-state index in [0.717, 1.165) is 25.8 Å². The molecule has 1 aromatic heterocycles. The summed E-state index contributed by atoms with van der Waals surface area (Å²) < 4.78 is 0. The molecular weight excluding hydrogens is 278 g/mol. The van der Waals surface area contributed by atoms with Crippen molar-refractivity contribution in [1.82, 2.24) is 15.2 Å². The van der Waals surface area contributed by atoms with E-state index < -0.39 is 0 Å². The molecule has 2 rings (SSSR count). The minimum absolute atomic E-state index is 0.0788. The Balaban J connectivity index is 2.15. The van der Waals surface area contributed by atoms with Crippen molar-refractivity contribution in [2.24, 2.45) is 0 Å². The topological polar surface area (TPSA) is 62.3 Å². The van der Waals surface area contributed by atoms with Crippen LogP contribution in [0.5, 0.6) is 0 Å². The summed E-state index contributed by atoms with van der Waals surface area (Å²) in [5.41, 5.74) is 0.601. The number of carbonyl (C=O) groups excluding carboxylic acids is 2. The van der Waals surface area contributed by atoms with Crippen molar-refractivity contribution in [3.8, 4) is 0 Å². The highest BCUT2D eigenvalue weighted by atomic mass is 16.2. The maximum absolute atomic E-state index is 12.7. The first kappa shape index (κ1) is 16.2. The molecule has 0 spiro atoms. The average Bonchev–Trinajstić information content (AvgIpc) is 2.59. The number of piperidine rings is 1. The third-order valence-electron chi connectivity index (χ3n) is 3.97. The Bertz CT molecular complexity index is 557. The van der Waals surface area contributed by atoms with Crippen LogP contribution in [-0.4, -0.2) is 40.8 Å². The number of carbonyl (C=O) groups is 2. The van der Waals surface area contributed by atoms with E-state index in [2.05, 4.69) is 23.8 Å². The Morgan fingerprint density at radius 2 is 2.18 bits per heavy atom. The smallest absolute Gasteiger partial charge is 0.272 e. The Labute approximate surface area is 131 Å². The van der Waals surface area contributed by atoms with E-state index in [9.17, 15) is 9.59 Å². The normalized spacial score (nSPS) is 17.9. The standard InChI is InChI=1S/C17H23N3O2/c1-3-11-18-16(21)14-9-7-10-15(19-14)17(22)20-12-6-5-8-13(20)4-2/h3,7,9-10,13H,1,4-6,8,11-12H2,2H3,(H,18,21). The quantitative estimate of drug-likeness (QED) is 0.850. The van der Waals surface area contributed by atoms with Gasteiger partial charge in [0.25, 0.3) is 11.8 Å². The number of nitrogens with zero attached hydrogens (tertiary/aromatic N) is 2. The molecule has 1 aliphatic heterocycles. The Morgan fingerprint density at radius 1 is 1.41 bits per heavy atom. The van der Waals surface area contributed by atoms with Crippen molar-refractivity contribution in [1.29, 1.82) is 0 Å². The first-order valence-corrected chi connectivity index (χ1v) is 7.84. The zero-order chi connectivity index (χ0) is 15.9. The lowest BCUT2D eigenvalue weighted by Crippen LogP contribution is -2.43. The third kappa shape index (κ3) is 3.72. The molecule has 1 aliphatic rings. The molecule has 1 fully saturated rings. The van der Waals surface area contributed by atoms with Gasteiger partial charge >= 0.3 is 0 Å². The van der Waals surface area contributed by atoms with Gasteiger partial charge in [0.1, 0.15) is 11.4 Å². The lowest BCUT2D eigenvalue weighted by molar-refractivity contribution is 0.0602. The molecule has 0 bridgehead atoms. The van der Waals surface area contributed by atoms with Crippen molar-refractivity contribution in [3.63, 3.8) is 0 Å². The lowest BCUT2D eigenvalue weighted by Gasteiger charge is -2.35. The zero-order valence-electron chi connectivity index (χ0n) is 13.0. The first-order valence-electron chi connectivity index (χ1n) is 7.84. The van der Waals surface area contributed by atoms with E-state index in [-0.39, 0.29) is 23.6 Å². The molecule has 1 saturated heterocycles. The summed E-state index contributed by atoms with van der Waals surface area (Å²) in [7, 11) is 0. The number of hydrogen-bond donors (Lipinski definition) is 1. The van der Waals surface area contributed by atoms with Gasteiger partial charge in [0, 0.05) is 19.1 Å². The fraction of sp³-hybridized carbons (Fsp3) is 0.471. The van der Waals surface area contributed by atoms with E-state index in [0.29, 0.717) is 12.2 Å². The second kappa shape index (κ2) is 7.73. The van der Waals surface area contributed by atoms with Crippen LogP contribution in [0.2, 0.25) is 0 Å². The first-order chi connectivity index (χ1) is 10.7. The van der Waals surface area contributed by atoms with Crippen LogP contribution < -0.4 is 5.32 Å². The van der Waals surface area contributed by atoms with Crippen molar-refractivity contribution in [3.05, 3.63) is 42.2 Å². The van der Waals surface area contributed by atoms with Gasteiger partial charge in [-0.05, 0) is 37.8 Å². The predicted molar refractivity (Wildman–Crippen MR) is 85.7 cm³/mol. The molecule has 0 aromatic carbocycles. The second-order valence-electron chi connectivity index (χ2n) is 5.46. The summed E-state index contributed by atoms with van der Waals surface area (Å²) in [5, 5.41) is 2.67. The number of hydrogen-bond acceptors (Lipinski definition) is 3. The maximum Gasteiger partial charge on any atom is 0.272 e. The van der Waals surface area contributed by atoms with Crippen molar-refractivity contribution >= 4 is 11.8 Å². The summed E-state index contributed by atoms with van der Waals surface area (Å²) in [4.78, 5) is 30.7. The minimum atomic E-state index is -0.291. The van der Waals surface area contributed by atoms with Gasteiger partial charge in [-0.3, -0.25) is 9.59 Å². The molecule has 5 nitrogen and oxygen atoms in total. The van der Waals surface area contributed by atoms with Crippen molar-refractivity contribution in [2.45, 2.75) is 38.6 Å². The van der Waals surface area contributed by atoms with E-state index in [1.807, 2.05) is 4.90 Å². The lowest BCUT2D eigenvalue weighted by atomic mass is 9.99. The van der Waals surface area contributed by atoms with Crippen LogP contribution in [0.1, 0.15) is 53.6 Å². The van der Waals surface area contributed by atoms with Gasteiger partial charge in [-0.25, -0.2) is 4.98 Å². The SMILES string of the molecule is C=CCNC(=O)c1cccc(C(=O)N2CCCCC2CC)n1. The predicted octanol–water partition coefficient (Wildman–Crippen LogP) is 2.40. The number of rotatable bonds is 5. The van der Waals surface area contributed by atoms with Crippen LogP contribution in [-0.2, 0) is 0 Å². The van der Waals surface area contributed by atoms with Crippen LogP contribution in [0.4, 0.5) is 0 Å². The Hall–Kier alpha value is -2.17. The third-order valence-corrected chi connectivity index (χ3v) is 3.97. The number of amides is 2. The molecule has 2 heterocycles. The monoisotopic (exact) mass is 301 g/mol. The molecule has 0 aliphatic carbocycles. The number of aromatic nitrogens is 1. The van der Waals surface area contributed by atoms with Gasteiger partial charge in [-0.15, -0.1) is 6.58 Å². The molecule has 5 heteroatoms. The molecule has 118 valence electrons. The van der Waals surface area contributed by atoms with Gasteiger partial charge in [0.15, 0.2) is 0 Å². The van der Waals surface area contributed by atoms with Gasteiger partial charge in [0.05, 0.1) is 0 Å². The number of pyridine rings is 1. The fourth-order valence-electron chi connectivity index (χ4n) is 2.78. The van der Waals surface area contributed by atoms with Crippen LogP contribution in [0.15, 0.2) is 30.9 Å².